The molecule has 1 aliphatic rings. The Morgan fingerprint density at radius 2 is 0.917 bits per heavy atom. The van der Waals surface area contributed by atoms with E-state index in [1.807, 2.05) is 24.3 Å². The van der Waals surface area contributed by atoms with E-state index in [-0.39, 0.29) is 23.8 Å². The quantitative estimate of drug-likeness (QED) is 0.157. The molecule has 0 radical (unpaired) electrons. The second kappa shape index (κ2) is 15.2. The average molecular weight is 497 g/mol. The standard InChI is InChI=1S/C30H40O6/c1-3-5-7-21-33-25-13-17-27(18-14-25)35-29(31)23-9-11-24(12-10-23)30(32)36-28-19-15-26(16-20-28)34-22-8-6-4-2/h13-20,23-24H,3-12,21-22H2,1-2H3. The van der Waals surface area contributed by atoms with Crippen molar-refractivity contribution in [2.75, 3.05) is 13.2 Å². The van der Waals surface area contributed by atoms with Crippen molar-refractivity contribution in [2.24, 2.45) is 11.8 Å². The summed E-state index contributed by atoms with van der Waals surface area (Å²) in [7, 11) is 0. The van der Waals surface area contributed by atoms with Crippen molar-refractivity contribution in [3.63, 3.8) is 0 Å². The molecule has 0 unspecified atom stereocenters. The predicted octanol–water partition coefficient (Wildman–Crippen LogP) is 7.14. The molecule has 0 saturated heterocycles. The van der Waals surface area contributed by atoms with Crippen LogP contribution >= 0.6 is 0 Å². The van der Waals surface area contributed by atoms with Gasteiger partial charge < -0.3 is 18.9 Å². The predicted molar refractivity (Wildman–Crippen MR) is 140 cm³/mol. The van der Waals surface area contributed by atoms with Crippen molar-refractivity contribution in [3.05, 3.63) is 48.5 Å². The topological polar surface area (TPSA) is 71.1 Å². The minimum absolute atomic E-state index is 0.205. The van der Waals surface area contributed by atoms with Crippen LogP contribution in [0.25, 0.3) is 0 Å². The Kier molecular flexibility index (Phi) is 11.6. The molecular formula is C30H40O6. The van der Waals surface area contributed by atoms with Crippen molar-refractivity contribution in [2.45, 2.75) is 78.1 Å². The Hall–Kier alpha value is -3.02. The van der Waals surface area contributed by atoms with Gasteiger partial charge in [-0.1, -0.05) is 39.5 Å². The number of esters is 2. The number of rotatable bonds is 14. The minimum atomic E-state index is -0.243. The molecule has 0 bridgehead atoms. The molecule has 0 N–H and O–H groups in total. The molecule has 0 atom stereocenters. The Morgan fingerprint density at radius 1 is 0.583 bits per heavy atom. The molecule has 1 fully saturated rings. The summed E-state index contributed by atoms with van der Waals surface area (Å²) >= 11 is 0. The lowest BCUT2D eigenvalue weighted by atomic mass is 9.82. The highest BCUT2D eigenvalue weighted by molar-refractivity contribution is 5.77. The fourth-order valence-electron chi connectivity index (χ4n) is 4.26. The number of unbranched alkanes of at least 4 members (excludes halogenated alkanes) is 4. The Labute approximate surface area is 215 Å². The number of benzene rings is 2. The second-order valence-electron chi connectivity index (χ2n) is 9.44. The molecule has 0 spiro atoms. The fourth-order valence-corrected chi connectivity index (χ4v) is 4.26. The van der Waals surface area contributed by atoms with E-state index in [1.165, 1.54) is 0 Å². The lowest BCUT2D eigenvalue weighted by molar-refractivity contribution is -0.145. The molecule has 0 aromatic heterocycles. The van der Waals surface area contributed by atoms with Crippen LogP contribution in [0.2, 0.25) is 0 Å². The van der Waals surface area contributed by atoms with Crippen LogP contribution in [0.15, 0.2) is 48.5 Å². The van der Waals surface area contributed by atoms with Crippen LogP contribution in [0.1, 0.15) is 78.1 Å². The first-order valence-electron chi connectivity index (χ1n) is 13.5. The van der Waals surface area contributed by atoms with Crippen LogP contribution in [0.5, 0.6) is 23.0 Å². The van der Waals surface area contributed by atoms with Crippen LogP contribution < -0.4 is 18.9 Å². The minimum Gasteiger partial charge on any atom is -0.494 e. The zero-order valence-corrected chi connectivity index (χ0v) is 21.7. The van der Waals surface area contributed by atoms with Gasteiger partial charge in [0.1, 0.15) is 23.0 Å². The Balaban J connectivity index is 1.37. The average Bonchev–Trinajstić information content (AvgIpc) is 2.91. The van der Waals surface area contributed by atoms with E-state index in [2.05, 4.69) is 13.8 Å². The molecule has 3 rings (SSSR count). The molecule has 2 aromatic rings. The molecule has 36 heavy (non-hydrogen) atoms. The van der Waals surface area contributed by atoms with Gasteiger partial charge in [0.2, 0.25) is 0 Å². The highest BCUT2D eigenvalue weighted by Crippen LogP contribution is 2.32. The van der Waals surface area contributed by atoms with Gasteiger partial charge in [-0.15, -0.1) is 0 Å². The summed E-state index contributed by atoms with van der Waals surface area (Å²) < 4.78 is 22.5. The van der Waals surface area contributed by atoms with E-state index in [0.717, 1.165) is 50.0 Å². The molecule has 2 aromatic carbocycles. The third-order valence-corrected chi connectivity index (χ3v) is 6.51. The number of hydrogen-bond acceptors (Lipinski definition) is 6. The van der Waals surface area contributed by atoms with Gasteiger partial charge in [-0.2, -0.15) is 0 Å². The summed E-state index contributed by atoms with van der Waals surface area (Å²) in [6, 6.07) is 14.3. The first-order valence-corrected chi connectivity index (χ1v) is 13.5. The molecule has 1 saturated carbocycles. The van der Waals surface area contributed by atoms with E-state index < -0.39 is 0 Å². The van der Waals surface area contributed by atoms with Crippen LogP contribution in [0, 0.1) is 11.8 Å². The third-order valence-electron chi connectivity index (χ3n) is 6.51. The van der Waals surface area contributed by atoms with Crippen LogP contribution in [-0.4, -0.2) is 25.2 Å². The second-order valence-corrected chi connectivity index (χ2v) is 9.44. The summed E-state index contributed by atoms with van der Waals surface area (Å²) in [6.07, 6.45) is 9.13. The van der Waals surface area contributed by atoms with E-state index in [9.17, 15) is 9.59 Å². The van der Waals surface area contributed by atoms with Crippen molar-refractivity contribution >= 4 is 11.9 Å². The molecular weight excluding hydrogens is 456 g/mol. The third kappa shape index (κ3) is 9.21. The molecule has 0 heterocycles. The zero-order valence-electron chi connectivity index (χ0n) is 21.7. The molecule has 0 amide bonds. The van der Waals surface area contributed by atoms with E-state index >= 15 is 0 Å². The van der Waals surface area contributed by atoms with Gasteiger partial charge in [0.25, 0.3) is 0 Å². The van der Waals surface area contributed by atoms with Gasteiger partial charge in [-0.3, -0.25) is 9.59 Å². The number of carbonyl (C=O) groups is 2. The zero-order chi connectivity index (χ0) is 25.6. The lowest BCUT2D eigenvalue weighted by Gasteiger charge is -2.25. The maximum atomic E-state index is 12.6. The largest absolute Gasteiger partial charge is 0.494 e. The van der Waals surface area contributed by atoms with E-state index in [1.54, 1.807) is 24.3 Å². The fraction of sp³-hybridized carbons (Fsp3) is 0.533. The van der Waals surface area contributed by atoms with Gasteiger partial charge in [0.05, 0.1) is 25.0 Å². The molecule has 6 nitrogen and oxygen atoms in total. The highest BCUT2D eigenvalue weighted by Gasteiger charge is 2.32. The van der Waals surface area contributed by atoms with Gasteiger partial charge >= 0.3 is 11.9 Å². The van der Waals surface area contributed by atoms with E-state index in [4.69, 9.17) is 18.9 Å². The summed E-state index contributed by atoms with van der Waals surface area (Å²) in [6.45, 7) is 5.70. The first-order chi connectivity index (χ1) is 17.6. The van der Waals surface area contributed by atoms with Gasteiger partial charge in [-0.25, -0.2) is 0 Å². The maximum Gasteiger partial charge on any atom is 0.314 e. The molecule has 6 heteroatoms. The molecule has 196 valence electrons. The lowest BCUT2D eigenvalue weighted by Crippen LogP contribution is -2.30. The smallest absolute Gasteiger partial charge is 0.314 e. The number of carbonyl (C=O) groups excluding carboxylic acids is 2. The maximum absolute atomic E-state index is 12.6. The van der Waals surface area contributed by atoms with Crippen molar-refractivity contribution in [1.82, 2.24) is 0 Å². The highest BCUT2D eigenvalue weighted by atomic mass is 16.5. The van der Waals surface area contributed by atoms with Gasteiger partial charge in [0, 0.05) is 0 Å². The normalized spacial score (nSPS) is 17.3. The summed E-state index contributed by atoms with van der Waals surface area (Å²) in [5, 5.41) is 0. The van der Waals surface area contributed by atoms with Crippen LogP contribution in [-0.2, 0) is 9.59 Å². The van der Waals surface area contributed by atoms with Crippen molar-refractivity contribution in [1.29, 1.82) is 0 Å². The number of ether oxygens (including phenoxy) is 4. The summed E-state index contributed by atoms with van der Waals surface area (Å²) in [4.78, 5) is 25.3. The Morgan fingerprint density at radius 3 is 1.25 bits per heavy atom. The van der Waals surface area contributed by atoms with Crippen molar-refractivity contribution in [3.8, 4) is 23.0 Å². The Bertz CT molecular complexity index is 836. The van der Waals surface area contributed by atoms with Crippen molar-refractivity contribution < 1.29 is 28.5 Å². The van der Waals surface area contributed by atoms with Crippen LogP contribution in [0.3, 0.4) is 0 Å². The number of hydrogen-bond donors (Lipinski definition) is 0. The van der Waals surface area contributed by atoms with Gasteiger partial charge in [0.15, 0.2) is 0 Å². The van der Waals surface area contributed by atoms with Gasteiger partial charge in [-0.05, 0) is 87.1 Å². The van der Waals surface area contributed by atoms with Crippen LogP contribution in [0.4, 0.5) is 0 Å². The first kappa shape index (κ1) is 27.6. The SMILES string of the molecule is CCCCCOc1ccc(OC(=O)C2CCC(C(=O)Oc3ccc(OCCCCC)cc3)CC2)cc1. The monoisotopic (exact) mass is 496 g/mol. The molecule has 1 aliphatic carbocycles. The molecule has 0 aliphatic heterocycles. The summed E-state index contributed by atoms with van der Waals surface area (Å²) in [5.74, 6) is 1.69. The van der Waals surface area contributed by atoms with E-state index in [0.29, 0.717) is 50.4 Å². The summed E-state index contributed by atoms with van der Waals surface area (Å²) in [5.41, 5.74) is 0.